The quantitative estimate of drug-likeness (QED) is 0.842. The standard InChI is InChI=1S/C13H16N4OS/c1-8-4-6-11(7-5-8)15-12(18)9(2)19-13-14-10(3)16-17-13/h4-7,9H,1-3H3,(H,15,18)(H,14,16,17)/t9-/m0/s1. The third kappa shape index (κ3) is 3.82. The molecule has 0 aliphatic heterocycles. The van der Waals surface area contributed by atoms with Gasteiger partial charge in [-0.2, -0.15) is 0 Å². The molecule has 19 heavy (non-hydrogen) atoms. The Morgan fingerprint density at radius 1 is 1.32 bits per heavy atom. The summed E-state index contributed by atoms with van der Waals surface area (Å²) in [4.78, 5) is 16.2. The molecule has 1 heterocycles. The van der Waals surface area contributed by atoms with Crippen molar-refractivity contribution in [2.45, 2.75) is 31.2 Å². The topological polar surface area (TPSA) is 70.7 Å². The van der Waals surface area contributed by atoms with Crippen LogP contribution in [0, 0.1) is 13.8 Å². The van der Waals surface area contributed by atoms with Crippen molar-refractivity contribution < 1.29 is 4.79 Å². The summed E-state index contributed by atoms with van der Waals surface area (Å²) in [5, 5.41) is 9.96. The highest BCUT2D eigenvalue weighted by Gasteiger charge is 2.16. The third-order valence-electron chi connectivity index (χ3n) is 2.55. The number of hydrogen-bond donors (Lipinski definition) is 2. The second-order valence-corrected chi connectivity index (χ2v) is 5.63. The summed E-state index contributed by atoms with van der Waals surface area (Å²) in [5.74, 6) is 0.685. The Labute approximate surface area is 116 Å². The van der Waals surface area contributed by atoms with E-state index in [1.165, 1.54) is 11.8 Å². The Bertz CT molecular complexity index is 564. The SMILES string of the molecule is Cc1ccc(NC(=O)[C@H](C)Sc2n[nH]c(C)n2)cc1. The number of hydrogen-bond acceptors (Lipinski definition) is 4. The van der Waals surface area contributed by atoms with Crippen LogP contribution in [0.1, 0.15) is 18.3 Å². The molecule has 1 amide bonds. The fourth-order valence-corrected chi connectivity index (χ4v) is 2.24. The average Bonchev–Trinajstić information content (AvgIpc) is 2.77. The van der Waals surface area contributed by atoms with Gasteiger partial charge in [-0.25, -0.2) is 4.98 Å². The zero-order valence-electron chi connectivity index (χ0n) is 11.1. The van der Waals surface area contributed by atoms with Crippen molar-refractivity contribution in [3.05, 3.63) is 35.7 Å². The Hall–Kier alpha value is -1.82. The molecule has 1 aromatic heterocycles. The molecule has 0 radical (unpaired) electrons. The summed E-state index contributed by atoms with van der Waals surface area (Å²) in [6, 6.07) is 7.71. The highest BCUT2D eigenvalue weighted by Crippen LogP contribution is 2.20. The van der Waals surface area contributed by atoms with Crippen LogP contribution in [0.4, 0.5) is 5.69 Å². The van der Waals surface area contributed by atoms with E-state index in [2.05, 4.69) is 20.5 Å². The van der Waals surface area contributed by atoms with Crippen LogP contribution < -0.4 is 5.32 Å². The van der Waals surface area contributed by atoms with E-state index in [1.807, 2.05) is 45.0 Å². The summed E-state index contributed by atoms with van der Waals surface area (Å²) in [6.07, 6.45) is 0. The third-order valence-corrected chi connectivity index (χ3v) is 3.51. The molecule has 2 rings (SSSR count). The fourth-order valence-electron chi connectivity index (χ4n) is 1.47. The van der Waals surface area contributed by atoms with Crippen LogP contribution in [0.15, 0.2) is 29.4 Å². The Kier molecular flexibility index (Phi) is 4.21. The number of amides is 1. The van der Waals surface area contributed by atoms with Crippen LogP contribution in [0.3, 0.4) is 0 Å². The van der Waals surface area contributed by atoms with Crippen molar-refractivity contribution in [1.82, 2.24) is 15.2 Å². The molecule has 100 valence electrons. The molecule has 5 nitrogen and oxygen atoms in total. The second-order valence-electron chi connectivity index (χ2n) is 4.32. The van der Waals surface area contributed by atoms with E-state index in [4.69, 9.17) is 0 Å². The number of H-pyrrole nitrogens is 1. The first-order valence-electron chi connectivity index (χ1n) is 5.98. The molecule has 0 saturated carbocycles. The maximum Gasteiger partial charge on any atom is 0.237 e. The number of nitrogens with one attached hydrogen (secondary N) is 2. The molecule has 2 aromatic rings. The smallest absolute Gasteiger partial charge is 0.237 e. The average molecular weight is 276 g/mol. The van der Waals surface area contributed by atoms with Gasteiger partial charge in [0.25, 0.3) is 0 Å². The van der Waals surface area contributed by atoms with Gasteiger partial charge in [-0.05, 0) is 32.9 Å². The molecule has 1 atom stereocenters. The lowest BCUT2D eigenvalue weighted by molar-refractivity contribution is -0.115. The van der Waals surface area contributed by atoms with Crippen molar-refractivity contribution >= 4 is 23.4 Å². The second kappa shape index (κ2) is 5.88. The number of benzene rings is 1. The number of thioether (sulfide) groups is 1. The molecule has 0 saturated heterocycles. The van der Waals surface area contributed by atoms with Crippen LogP contribution in [0.2, 0.25) is 0 Å². The highest BCUT2D eigenvalue weighted by molar-refractivity contribution is 8.00. The molecule has 0 spiro atoms. The summed E-state index contributed by atoms with van der Waals surface area (Å²) >= 11 is 1.33. The number of anilines is 1. The van der Waals surface area contributed by atoms with Gasteiger partial charge in [0.15, 0.2) is 0 Å². The molecule has 0 unspecified atom stereocenters. The van der Waals surface area contributed by atoms with Gasteiger partial charge < -0.3 is 5.32 Å². The molecular weight excluding hydrogens is 260 g/mol. The predicted octanol–water partition coefficient (Wildman–Crippen LogP) is 2.54. The Morgan fingerprint density at radius 3 is 2.58 bits per heavy atom. The Morgan fingerprint density at radius 2 is 2.00 bits per heavy atom. The van der Waals surface area contributed by atoms with E-state index in [1.54, 1.807) is 0 Å². The molecule has 0 aliphatic carbocycles. The molecular formula is C13H16N4OS. The van der Waals surface area contributed by atoms with Crippen molar-refractivity contribution in [3.63, 3.8) is 0 Å². The lowest BCUT2D eigenvalue weighted by atomic mass is 10.2. The number of carbonyl (C=O) groups is 1. The number of aryl methyl sites for hydroxylation is 2. The molecule has 6 heteroatoms. The van der Waals surface area contributed by atoms with E-state index in [9.17, 15) is 4.79 Å². The summed E-state index contributed by atoms with van der Waals surface area (Å²) in [6.45, 7) is 5.67. The number of aromatic nitrogens is 3. The van der Waals surface area contributed by atoms with Gasteiger partial charge in [-0.15, -0.1) is 5.10 Å². The lowest BCUT2D eigenvalue weighted by Gasteiger charge is -2.10. The van der Waals surface area contributed by atoms with Crippen LogP contribution in [0.5, 0.6) is 0 Å². The maximum absolute atomic E-state index is 12.0. The first-order chi connectivity index (χ1) is 9.04. The molecule has 0 aliphatic rings. The molecule has 0 fully saturated rings. The zero-order chi connectivity index (χ0) is 13.8. The Balaban J connectivity index is 1.94. The van der Waals surface area contributed by atoms with Gasteiger partial charge in [0.05, 0.1) is 5.25 Å². The van der Waals surface area contributed by atoms with Gasteiger partial charge >= 0.3 is 0 Å². The summed E-state index contributed by atoms with van der Waals surface area (Å²) in [7, 11) is 0. The minimum atomic E-state index is -0.253. The first-order valence-corrected chi connectivity index (χ1v) is 6.86. The number of carbonyl (C=O) groups excluding carboxylic acids is 1. The van der Waals surface area contributed by atoms with Gasteiger partial charge in [0.2, 0.25) is 11.1 Å². The fraction of sp³-hybridized carbons (Fsp3) is 0.308. The van der Waals surface area contributed by atoms with E-state index in [0.29, 0.717) is 5.16 Å². The molecule has 0 bridgehead atoms. The van der Waals surface area contributed by atoms with Crippen LogP contribution in [-0.4, -0.2) is 26.3 Å². The number of aromatic amines is 1. The predicted molar refractivity (Wildman–Crippen MR) is 76.2 cm³/mol. The highest BCUT2D eigenvalue weighted by atomic mass is 32.2. The molecule has 2 N–H and O–H groups in total. The largest absolute Gasteiger partial charge is 0.325 e. The van der Waals surface area contributed by atoms with E-state index in [-0.39, 0.29) is 11.2 Å². The summed E-state index contributed by atoms with van der Waals surface area (Å²) < 4.78 is 0. The minimum Gasteiger partial charge on any atom is -0.325 e. The van der Waals surface area contributed by atoms with E-state index >= 15 is 0 Å². The van der Waals surface area contributed by atoms with Crippen LogP contribution in [-0.2, 0) is 4.79 Å². The number of rotatable bonds is 4. The van der Waals surface area contributed by atoms with Crippen molar-refractivity contribution in [2.75, 3.05) is 5.32 Å². The minimum absolute atomic E-state index is 0.0590. The van der Waals surface area contributed by atoms with Crippen LogP contribution >= 0.6 is 11.8 Å². The van der Waals surface area contributed by atoms with Gasteiger partial charge in [-0.1, -0.05) is 29.5 Å². The summed E-state index contributed by atoms with van der Waals surface area (Å²) in [5.41, 5.74) is 1.96. The normalized spacial score (nSPS) is 12.2. The first kappa shape index (κ1) is 13.6. The van der Waals surface area contributed by atoms with Crippen molar-refractivity contribution in [3.8, 4) is 0 Å². The zero-order valence-corrected chi connectivity index (χ0v) is 11.9. The van der Waals surface area contributed by atoms with Crippen molar-refractivity contribution in [1.29, 1.82) is 0 Å². The lowest BCUT2D eigenvalue weighted by Crippen LogP contribution is -2.22. The number of nitrogens with zero attached hydrogens (tertiary/aromatic N) is 2. The maximum atomic E-state index is 12.0. The van der Waals surface area contributed by atoms with Crippen molar-refractivity contribution in [2.24, 2.45) is 0 Å². The van der Waals surface area contributed by atoms with E-state index < -0.39 is 0 Å². The van der Waals surface area contributed by atoms with Crippen LogP contribution in [0.25, 0.3) is 0 Å². The van der Waals surface area contributed by atoms with Gasteiger partial charge in [0.1, 0.15) is 5.82 Å². The van der Waals surface area contributed by atoms with Gasteiger partial charge in [0, 0.05) is 5.69 Å². The van der Waals surface area contributed by atoms with E-state index in [0.717, 1.165) is 17.1 Å². The van der Waals surface area contributed by atoms with Gasteiger partial charge in [-0.3, -0.25) is 9.89 Å². The monoisotopic (exact) mass is 276 g/mol. The molecule has 1 aromatic carbocycles.